The molecule has 3 heterocycles. The normalized spacial score (nSPS) is 14.6. The molecular formula is C25H24N6O3S3. The van der Waals surface area contributed by atoms with Gasteiger partial charge in [0.25, 0.3) is 0 Å². The molecule has 1 aliphatic rings. The van der Waals surface area contributed by atoms with Crippen LogP contribution in [0.2, 0.25) is 0 Å². The molecule has 12 heteroatoms. The Balaban J connectivity index is 1.24. The van der Waals surface area contributed by atoms with Crippen LogP contribution in [0.3, 0.4) is 0 Å². The number of thiophene rings is 1. The monoisotopic (exact) mass is 552 g/mol. The lowest BCUT2D eigenvalue weighted by atomic mass is 10.2. The predicted octanol–water partition coefficient (Wildman–Crippen LogP) is 3.94. The van der Waals surface area contributed by atoms with Crippen molar-refractivity contribution in [3.05, 3.63) is 83.9 Å². The van der Waals surface area contributed by atoms with Crippen molar-refractivity contribution < 1.29 is 13.2 Å². The fourth-order valence-electron chi connectivity index (χ4n) is 3.77. The molecule has 5 rings (SSSR count). The highest BCUT2D eigenvalue weighted by molar-refractivity contribution is 7.89. The number of hydrogen-bond donors (Lipinski definition) is 2. The summed E-state index contributed by atoms with van der Waals surface area (Å²) in [5, 5.41) is 14.3. The molecular weight excluding hydrogens is 529 g/mol. The first kappa shape index (κ1) is 25.2. The second-order valence-electron chi connectivity index (χ2n) is 8.06. The van der Waals surface area contributed by atoms with Gasteiger partial charge >= 0.3 is 0 Å². The standard InChI is InChI=1S/C25H24N6O3S3/c32-37(33,30-12-14-34-15-13-30)22-10-8-20(9-11-22)27-25(35)28-26-17-19-18-31(21-5-2-1-3-6-21)29-24(19)23-7-4-16-36-23/h1-11,16-18H,12-15H2,(H2,27,28,35). The van der Waals surface area contributed by atoms with Gasteiger partial charge in [-0.1, -0.05) is 24.3 Å². The Morgan fingerprint density at radius 1 is 1.05 bits per heavy atom. The number of ether oxygens (including phenoxy) is 1. The Morgan fingerprint density at radius 2 is 1.81 bits per heavy atom. The van der Waals surface area contributed by atoms with Gasteiger partial charge in [0.2, 0.25) is 10.0 Å². The van der Waals surface area contributed by atoms with E-state index in [2.05, 4.69) is 15.8 Å². The molecule has 0 bridgehead atoms. The van der Waals surface area contributed by atoms with E-state index in [1.807, 2.05) is 58.7 Å². The van der Waals surface area contributed by atoms with Crippen LogP contribution in [-0.2, 0) is 14.8 Å². The van der Waals surface area contributed by atoms with Gasteiger partial charge in [-0.25, -0.2) is 13.1 Å². The summed E-state index contributed by atoms with van der Waals surface area (Å²) in [5.41, 5.74) is 6.06. The van der Waals surface area contributed by atoms with Crippen LogP contribution in [0.4, 0.5) is 5.69 Å². The van der Waals surface area contributed by atoms with E-state index in [-0.39, 0.29) is 10.0 Å². The molecule has 9 nitrogen and oxygen atoms in total. The number of aromatic nitrogens is 2. The second-order valence-corrected chi connectivity index (χ2v) is 11.3. The number of para-hydroxylation sites is 1. The summed E-state index contributed by atoms with van der Waals surface area (Å²) in [7, 11) is -3.55. The SMILES string of the molecule is O=S(=O)(c1ccc(NC(=S)NN=Cc2cn(-c3ccccc3)nc2-c2cccs2)cc1)N1CCOCC1. The third-order valence-electron chi connectivity index (χ3n) is 5.61. The average molecular weight is 553 g/mol. The topological polar surface area (TPSA) is 101 Å². The van der Waals surface area contributed by atoms with Crippen molar-refractivity contribution in [2.45, 2.75) is 4.90 Å². The lowest BCUT2D eigenvalue weighted by Crippen LogP contribution is -2.40. The van der Waals surface area contributed by atoms with Crippen LogP contribution in [0.1, 0.15) is 5.56 Å². The first-order valence-corrected chi connectivity index (χ1v) is 14.2. The first-order chi connectivity index (χ1) is 18.0. The summed E-state index contributed by atoms with van der Waals surface area (Å²) in [4.78, 5) is 1.26. The number of benzene rings is 2. The minimum Gasteiger partial charge on any atom is -0.379 e. The number of rotatable bonds is 7. The summed E-state index contributed by atoms with van der Waals surface area (Å²) in [5.74, 6) is 0. The van der Waals surface area contributed by atoms with E-state index in [0.717, 1.165) is 21.8 Å². The van der Waals surface area contributed by atoms with Crippen LogP contribution >= 0.6 is 23.6 Å². The van der Waals surface area contributed by atoms with Crippen LogP contribution in [0.25, 0.3) is 16.3 Å². The second kappa shape index (κ2) is 11.3. The summed E-state index contributed by atoms with van der Waals surface area (Å²) in [6.45, 7) is 1.52. The van der Waals surface area contributed by atoms with E-state index >= 15 is 0 Å². The first-order valence-electron chi connectivity index (χ1n) is 11.5. The Labute approximate surface area is 224 Å². The number of sulfonamides is 1. The molecule has 0 spiro atoms. The Hall–Kier alpha value is -3.42. The third-order valence-corrected chi connectivity index (χ3v) is 8.59. The van der Waals surface area contributed by atoms with Gasteiger partial charge in [-0.3, -0.25) is 5.43 Å². The van der Waals surface area contributed by atoms with Gasteiger partial charge in [-0.15, -0.1) is 11.3 Å². The average Bonchev–Trinajstić information content (AvgIpc) is 3.60. The molecule has 2 aromatic heterocycles. The lowest BCUT2D eigenvalue weighted by molar-refractivity contribution is 0.0730. The molecule has 0 unspecified atom stereocenters. The maximum atomic E-state index is 12.8. The van der Waals surface area contributed by atoms with Crippen LogP contribution < -0.4 is 10.7 Å². The van der Waals surface area contributed by atoms with E-state index in [0.29, 0.717) is 32.0 Å². The molecule has 37 heavy (non-hydrogen) atoms. The molecule has 1 aliphatic heterocycles. The van der Waals surface area contributed by atoms with Crippen LogP contribution in [0.5, 0.6) is 0 Å². The number of hydrogen-bond acceptors (Lipinski definition) is 7. The van der Waals surface area contributed by atoms with Crippen LogP contribution in [0.15, 0.2) is 88.3 Å². The Kier molecular flexibility index (Phi) is 7.72. The molecule has 190 valence electrons. The van der Waals surface area contributed by atoms with E-state index in [9.17, 15) is 8.42 Å². The summed E-state index contributed by atoms with van der Waals surface area (Å²) in [6.07, 6.45) is 3.59. The molecule has 0 aliphatic carbocycles. The van der Waals surface area contributed by atoms with Crippen molar-refractivity contribution in [1.29, 1.82) is 0 Å². The zero-order valence-corrected chi connectivity index (χ0v) is 22.1. The van der Waals surface area contributed by atoms with Crippen LogP contribution in [-0.4, -0.2) is 60.1 Å². The minimum absolute atomic E-state index is 0.230. The van der Waals surface area contributed by atoms with E-state index < -0.39 is 10.0 Å². The lowest BCUT2D eigenvalue weighted by Gasteiger charge is -2.26. The fraction of sp³-hybridized carbons (Fsp3) is 0.160. The van der Waals surface area contributed by atoms with Gasteiger partial charge in [0.15, 0.2) is 5.11 Å². The van der Waals surface area contributed by atoms with Gasteiger partial charge < -0.3 is 10.1 Å². The summed E-state index contributed by atoms with van der Waals surface area (Å²) < 4.78 is 34.1. The number of nitrogens with one attached hydrogen (secondary N) is 2. The van der Waals surface area contributed by atoms with Crippen molar-refractivity contribution in [3.63, 3.8) is 0 Å². The smallest absolute Gasteiger partial charge is 0.243 e. The molecule has 2 aromatic carbocycles. The molecule has 0 radical (unpaired) electrons. The van der Waals surface area contributed by atoms with Gasteiger partial charge in [-0.05, 0) is 60.1 Å². The van der Waals surface area contributed by atoms with E-state index in [1.54, 1.807) is 41.8 Å². The van der Waals surface area contributed by atoms with Gasteiger partial charge in [0.05, 0.1) is 34.9 Å². The van der Waals surface area contributed by atoms with Crippen molar-refractivity contribution in [2.24, 2.45) is 5.10 Å². The number of nitrogens with zero attached hydrogens (tertiary/aromatic N) is 4. The van der Waals surface area contributed by atoms with Gasteiger partial charge in [0.1, 0.15) is 5.69 Å². The molecule has 0 saturated carbocycles. The summed E-state index contributed by atoms with van der Waals surface area (Å²) >= 11 is 6.96. The quantitative estimate of drug-likeness (QED) is 0.203. The largest absolute Gasteiger partial charge is 0.379 e. The molecule has 4 aromatic rings. The van der Waals surface area contributed by atoms with E-state index in [1.165, 1.54) is 4.31 Å². The maximum Gasteiger partial charge on any atom is 0.243 e. The maximum absolute atomic E-state index is 12.8. The predicted molar refractivity (Wildman–Crippen MR) is 150 cm³/mol. The molecule has 1 fully saturated rings. The highest BCUT2D eigenvalue weighted by Crippen LogP contribution is 2.27. The third kappa shape index (κ3) is 5.95. The number of anilines is 1. The fourth-order valence-corrected chi connectivity index (χ4v) is 6.07. The Morgan fingerprint density at radius 3 is 2.51 bits per heavy atom. The highest BCUT2D eigenvalue weighted by atomic mass is 32.2. The Bertz CT molecular complexity index is 1480. The van der Waals surface area contributed by atoms with Crippen molar-refractivity contribution in [3.8, 4) is 16.3 Å². The van der Waals surface area contributed by atoms with Crippen molar-refractivity contribution in [1.82, 2.24) is 19.5 Å². The van der Waals surface area contributed by atoms with E-state index in [4.69, 9.17) is 22.1 Å². The van der Waals surface area contributed by atoms with Crippen LogP contribution in [0, 0.1) is 0 Å². The molecule has 0 atom stereocenters. The highest BCUT2D eigenvalue weighted by Gasteiger charge is 2.26. The van der Waals surface area contributed by atoms with Crippen molar-refractivity contribution >= 4 is 50.6 Å². The number of morpholine rings is 1. The van der Waals surface area contributed by atoms with Gasteiger partial charge in [-0.2, -0.15) is 14.5 Å². The molecule has 1 saturated heterocycles. The number of thiocarbonyl (C=S) groups is 1. The molecule has 2 N–H and O–H groups in total. The zero-order chi connectivity index (χ0) is 25.7. The molecule has 0 amide bonds. The number of hydrazone groups is 1. The van der Waals surface area contributed by atoms with Gasteiger partial charge in [0, 0.05) is 30.5 Å². The zero-order valence-electron chi connectivity index (χ0n) is 19.6. The minimum atomic E-state index is -3.55. The van der Waals surface area contributed by atoms with Crippen molar-refractivity contribution in [2.75, 3.05) is 31.6 Å². The summed E-state index contributed by atoms with van der Waals surface area (Å²) in [6, 6.07) is 20.3.